The van der Waals surface area contributed by atoms with Crippen LogP contribution in [-0.2, 0) is 6.54 Å². The molecule has 0 unspecified atom stereocenters. The van der Waals surface area contributed by atoms with Crippen molar-refractivity contribution < 1.29 is 9.18 Å². The van der Waals surface area contributed by atoms with E-state index < -0.39 is 11.9 Å². The van der Waals surface area contributed by atoms with Gasteiger partial charge in [0, 0.05) is 12.1 Å². The van der Waals surface area contributed by atoms with Gasteiger partial charge in [-0.2, -0.15) is 4.39 Å². The van der Waals surface area contributed by atoms with Crippen LogP contribution in [0.2, 0.25) is 0 Å². The molecule has 0 spiro atoms. The van der Waals surface area contributed by atoms with Crippen molar-refractivity contribution >= 4 is 11.6 Å². The summed E-state index contributed by atoms with van der Waals surface area (Å²) in [5.74, 6) is -0.955. The smallest absolute Gasteiger partial charge is 0.248 e. The van der Waals surface area contributed by atoms with Gasteiger partial charge in [0.25, 0.3) is 0 Å². The highest BCUT2D eigenvalue weighted by molar-refractivity contribution is 5.92. The Bertz CT molecular complexity index is 537. The molecule has 0 bridgehead atoms. The van der Waals surface area contributed by atoms with E-state index in [1.54, 1.807) is 18.2 Å². The Morgan fingerprint density at radius 2 is 1.94 bits per heavy atom. The topological polar surface area (TPSA) is 68.0 Å². The molecule has 5 heteroatoms. The van der Waals surface area contributed by atoms with Gasteiger partial charge >= 0.3 is 0 Å². The molecule has 1 amide bonds. The van der Waals surface area contributed by atoms with Crippen molar-refractivity contribution in [2.75, 3.05) is 5.32 Å². The van der Waals surface area contributed by atoms with Crippen molar-refractivity contribution in [3.8, 4) is 0 Å². The maximum atomic E-state index is 12.6. The number of primary amides is 1. The predicted octanol–water partition coefficient (Wildman–Crippen LogP) is 1.93. The van der Waals surface area contributed by atoms with E-state index in [-0.39, 0.29) is 0 Å². The molecule has 0 saturated heterocycles. The number of amides is 1. The first-order valence-electron chi connectivity index (χ1n) is 5.39. The number of aromatic nitrogens is 1. The van der Waals surface area contributed by atoms with Crippen molar-refractivity contribution in [1.82, 2.24) is 4.98 Å². The van der Waals surface area contributed by atoms with Gasteiger partial charge in [-0.05, 0) is 29.8 Å². The second-order valence-electron chi connectivity index (χ2n) is 3.78. The molecule has 18 heavy (non-hydrogen) atoms. The van der Waals surface area contributed by atoms with E-state index in [1.165, 1.54) is 12.3 Å². The molecule has 0 aliphatic carbocycles. The second kappa shape index (κ2) is 5.27. The fraction of sp³-hybridized carbons (Fsp3) is 0.0769. The zero-order valence-corrected chi connectivity index (χ0v) is 9.56. The van der Waals surface area contributed by atoms with E-state index in [2.05, 4.69) is 10.3 Å². The van der Waals surface area contributed by atoms with Crippen LogP contribution in [0.5, 0.6) is 0 Å². The van der Waals surface area contributed by atoms with E-state index in [0.717, 1.165) is 11.3 Å². The fourth-order valence-electron chi connectivity index (χ4n) is 1.47. The average Bonchev–Trinajstić information content (AvgIpc) is 2.38. The van der Waals surface area contributed by atoms with Gasteiger partial charge in [0.15, 0.2) is 0 Å². The second-order valence-corrected chi connectivity index (χ2v) is 3.78. The van der Waals surface area contributed by atoms with E-state index in [1.807, 2.05) is 12.1 Å². The number of anilines is 1. The Hall–Kier alpha value is -2.43. The Kier molecular flexibility index (Phi) is 3.52. The minimum atomic E-state index is -0.508. The highest BCUT2D eigenvalue weighted by Gasteiger charge is 2.00. The van der Waals surface area contributed by atoms with E-state index >= 15 is 0 Å². The van der Waals surface area contributed by atoms with Gasteiger partial charge in [-0.25, -0.2) is 4.98 Å². The third kappa shape index (κ3) is 3.04. The zero-order valence-electron chi connectivity index (χ0n) is 9.56. The van der Waals surface area contributed by atoms with Gasteiger partial charge in [0.1, 0.15) is 0 Å². The van der Waals surface area contributed by atoms with E-state index in [4.69, 9.17) is 5.73 Å². The van der Waals surface area contributed by atoms with Crippen LogP contribution in [0.25, 0.3) is 0 Å². The highest BCUT2D eigenvalue weighted by atomic mass is 19.1. The quantitative estimate of drug-likeness (QED) is 0.809. The third-order valence-electron chi connectivity index (χ3n) is 2.46. The Morgan fingerprint density at radius 1 is 1.22 bits per heavy atom. The summed E-state index contributed by atoms with van der Waals surface area (Å²) in [6.07, 6.45) is 1.42. The lowest BCUT2D eigenvalue weighted by atomic mass is 10.1. The van der Waals surface area contributed by atoms with Crippen LogP contribution in [-0.4, -0.2) is 10.9 Å². The van der Waals surface area contributed by atoms with Gasteiger partial charge < -0.3 is 11.1 Å². The Labute approximate surface area is 104 Å². The van der Waals surface area contributed by atoms with Crippen LogP contribution in [0.4, 0.5) is 10.1 Å². The van der Waals surface area contributed by atoms with Crippen LogP contribution in [0, 0.1) is 5.95 Å². The van der Waals surface area contributed by atoms with Crippen molar-refractivity contribution in [1.29, 1.82) is 0 Å². The molecule has 0 radical (unpaired) electrons. The monoisotopic (exact) mass is 245 g/mol. The standard InChI is InChI=1S/C13H12FN3O/c14-12-6-5-11(8-17-12)16-7-9-1-3-10(4-2-9)13(15)18/h1-6,8,16H,7H2,(H2,15,18). The molecular weight excluding hydrogens is 233 g/mol. The first-order chi connectivity index (χ1) is 8.65. The maximum absolute atomic E-state index is 12.6. The van der Waals surface area contributed by atoms with Crippen molar-refractivity contribution in [3.63, 3.8) is 0 Å². The van der Waals surface area contributed by atoms with Crippen LogP contribution in [0.3, 0.4) is 0 Å². The van der Waals surface area contributed by atoms with Crippen LogP contribution in [0.1, 0.15) is 15.9 Å². The molecular formula is C13H12FN3O. The van der Waals surface area contributed by atoms with Gasteiger partial charge in [-0.1, -0.05) is 12.1 Å². The maximum Gasteiger partial charge on any atom is 0.248 e. The number of halogens is 1. The fourth-order valence-corrected chi connectivity index (χ4v) is 1.47. The molecule has 2 aromatic rings. The highest BCUT2D eigenvalue weighted by Crippen LogP contribution is 2.09. The molecule has 0 atom stereocenters. The van der Waals surface area contributed by atoms with Gasteiger partial charge in [-0.15, -0.1) is 0 Å². The lowest BCUT2D eigenvalue weighted by molar-refractivity contribution is 0.100. The molecule has 0 aliphatic heterocycles. The van der Waals surface area contributed by atoms with Gasteiger partial charge in [-0.3, -0.25) is 4.79 Å². The largest absolute Gasteiger partial charge is 0.380 e. The van der Waals surface area contributed by atoms with Crippen LogP contribution < -0.4 is 11.1 Å². The normalized spacial score (nSPS) is 10.1. The average molecular weight is 245 g/mol. The number of carbonyl (C=O) groups is 1. The summed E-state index contributed by atoms with van der Waals surface area (Å²) in [6, 6.07) is 9.86. The molecule has 1 aromatic carbocycles. The Morgan fingerprint density at radius 3 is 2.50 bits per heavy atom. The lowest BCUT2D eigenvalue weighted by Gasteiger charge is -2.06. The summed E-state index contributed by atoms with van der Waals surface area (Å²) in [7, 11) is 0. The molecule has 0 fully saturated rings. The Balaban J connectivity index is 1.97. The molecule has 3 N–H and O–H groups in total. The number of hydrogen-bond acceptors (Lipinski definition) is 3. The number of pyridine rings is 1. The molecule has 92 valence electrons. The summed E-state index contributed by atoms with van der Waals surface area (Å²) in [5.41, 5.74) is 7.34. The summed E-state index contributed by atoms with van der Waals surface area (Å²) >= 11 is 0. The summed E-state index contributed by atoms with van der Waals surface area (Å²) in [5, 5.41) is 3.09. The number of hydrogen-bond donors (Lipinski definition) is 2. The number of nitrogens with two attached hydrogens (primary N) is 1. The number of nitrogens with one attached hydrogen (secondary N) is 1. The molecule has 1 heterocycles. The number of nitrogens with zero attached hydrogens (tertiary/aromatic N) is 1. The number of benzene rings is 1. The van der Waals surface area contributed by atoms with Crippen molar-refractivity contribution in [2.24, 2.45) is 5.73 Å². The van der Waals surface area contributed by atoms with Crippen molar-refractivity contribution in [3.05, 3.63) is 59.7 Å². The number of carbonyl (C=O) groups excluding carboxylic acids is 1. The minimum absolute atomic E-state index is 0.447. The SMILES string of the molecule is NC(=O)c1ccc(CNc2ccc(F)nc2)cc1. The van der Waals surface area contributed by atoms with Crippen LogP contribution in [0.15, 0.2) is 42.6 Å². The lowest BCUT2D eigenvalue weighted by Crippen LogP contribution is -2.10. The first-order valence-corrected chi connectivity index (χ1v) is 5.39. The van der Waals surface area contributed by atoms with Gasteiger partial charge in [0.2, 0.25) is 11.9 Å². The molecule has 1 aromatic heterocycles. The zero-order chi connectivity index (χ0) is 13.0. The number of rotatable bonds is 4. The third-order valence-corrected chi connectivity index (χ3v) is 2.46. The summed E-state index contributed by atoms with van der Waals surface area (Å²) in [4.78, 5) is 14.4. The molecule has 0 saturated carbocycles. The van der Waals surface area contributed by atoms with E-state index in [9.17, 15) is 9.18 Å². The van der Waals surface area contributed by atoms with Crippen LogP contribution >= 0.6 is 0 Å². The molecule has 4 nitrogen and oxygen atoms in total. The summed E-state index contributed by atoms with van der Waals surface area (Å²) in [6.45, 7) is 0.562. The van der Waals surface area contributed by atoms with E-state index in [0.29, 0.717) is 12.1 Å². The first kappa shape index (κ1) is 12.0. The minimum Gasteiger partial charge on any atom is -0.380 e. The van der Waals surface area contributed by atoms with Crippen molar-refractivity contribution in [2.45, 2.75) is 6.54 Å². The summed E-state index contributed by atoms with van der Waals surface area (Å²) < 4.78 is 12.6. The van der Waals surface area contributed by atoms with Gasteiger partial charge in [0.05, 0.1) is 11.9 Å². The predicted molar refractivity (Wildman–Crippen MR) is 66.5 cm³/mol. The molecule has 0 aliphatic rings. The molecule has 2 rings (SSSR count).